The third kappa shape index (κ3) is 4.85. The number of hydrogen-bond acceptors (Lipinski definition) is 6. The molecule has 0 unspecified atom stereocenters. The van der Waals surface area contributed by atoms with E-state index in [2.05, 4.69) is 20.8 Å². The Labute approximate surface area is 164 Å². The lowest BCUT2D eigenvalue weighted by molar-refractivity contribution is -0.121. The summed E-state index contributed by atoms with van der Waals surface area (Å²) in [4.78, 5) is 26.5. The van der Waals surface area contributed by atoms with Crippen molar-refractivity contribution < 1.29 is 14.3 Å². The van der Waals surface area contributed by atoms with E-state index in [0.717, 1.165) is 11.3 Å². The molecule has 2 aromatic rings. The van der Waals surface area contributed by atoms with Crippen molar-refractivity contribution in [1.29, 1.82) is 0 Å². The number of carbonyl (C=O) groups excluding carboxylic acids is 2. The summed E-state index contributed by atoms with van der Waals surface area (Å²) in [6, 6.07) is 5.62. The first-order chi connectivity index (χ1) is 13.2. The molecule has 1 aliphatic rings. The van der Waals surface area contributed by atoms with Gasteiger partial charge in [-0.1, -0.05) is 6.07 Å². The number of hydrogen-bond donors (Lipinski definition) is 1. The standard InChI is InChI=1S/C19H26N6O3/c1-13-5-6-15(11-16(13)25-12-20-22-23-25)21-17(26)14-7-9-24(10-8-14)18(27)28-19(2,3)4/h5-6,11-12,14H,7-10H2,1-4H3,(H,21,26). The number of carbonyl (C=O) groups is 2. The third-order valence-electron chi connectivity index (χ3n) is 4.59. The smallest absolute Gasteiger partial charge is 0.410 e. The normalized spacial score (nSPS) is 15.4. The van der Waals surface area contributed by atoms with Gasteiger partial charge in [0.1, 0.15) is 11.9 Å². The number of aryl methyl sites for hydroxylation is 1. The lowest BCUT2D eigenvalue weighted by Crippen LogP contribution is -2.43. The van der Waals surface area contributed by atoms with E-state index in [0.29, 0.717) is 31.6 Å². The molecule has 0 bridgehead atoms. The number of rotatable bonds is 3. The quantitative estimate of drug-likeness (QED) is 0.870. The van der Waals surface area contributed by atoms with Crippen molar-refractivity contribution in [2.75, 3.05) is 18.4 Å². The molecule has 0 atom stereocenters. The molecule has 1 N–H and O–H groups in total. The van der Waals surface area contributed by atoms with Gasteiger partial charge in [0.15, 0.2) is 0 Å². The number of nitrogens with zero attached hydrogens (tertiary/aromatic N) is 5. The van der Waals surface area contributed by atoms with E-state index in [-0.39, 0.29) is 17.9 Å². The van der Waals surface area contributed by atoms with Crippen molar-refractivity contribution in [2.24, 2.45) is 5.92 Å². The molecule has 1 aromatic carbocycles. The van der Waals surface area contributed by atoms with Gasteiger partial charge in [0, 0.05) is 24.7 Å². The van der Waals surface area contributed by atoms with Crippen LogP contribution in [0.4, 0.5) is 10.5 Å². The molecule has 28 heavy (non-hydrogen) atoms. The molecule has 1 fully saturated rings. The van der Waals surface area contributed by atoms with Crippen LogP contribution in [0.1, 0.15) is 39.2 Å². The van der Waals surface area contributed by atoms with Gasteiger partial charge in [0.25, 0.3) is 0 Å². The molecule has 1 aliphatic heterocycles. The largest absolute Gasteiger partial charge is 0.444 e. The lowest BCUT2D eigenvalue weighted by atomic mass is 9.96. The molecule has 1 saturated heterocycles. The zero-order chi connectivity index (χ0) is 20.3. The van der Waals surface area contributed by atoms with Crippen LogP contribution in [0, 0.1) is 12.8 Å². The molecule has 0 aliphatic carbocycles. The highest BCUT2D eigenvalue weighted by Crippen LogP contribution is 2.23. The fourth-order valence-corrected chi connectivity index (χ4v) is 3.10. The molecule has 2 heterocycles. The fourth-order valence-electron chi connectivity index (χ4n) is 3.10. The average molecular weight is 386 g/mol. The summed E-state index contributed by atoms with van der Waals surface area (Å²) >= 11 is 0. The molecule has 150 valence electrons. The van der Waals surface area contributed by atoms with Crippen molar-refractivity contribution in [3.63, 3.8) is 0 Å². The van der Waals surface area contributed by atoms with E-state index in [1.54, 1.807) is 9.58 Å². The Balaban J connectivity index is 1.58. The van der Waals surface area contributed by atoms with Gasteiger partial charge >= 0.3 is 6.09 Å². The Morgan fingerprint density at radius 1 is 1.21 bits per heavy atom. The van der Waals surface area contributed by atoms with E-state index in [1.807, 2.05) is 45.9 Å². The van der Waals surface area contributed by atoms with E-state index >= 15 is 0 Å². The Kier molecular flexibility index (Phi) is 5.62. The summed E-state index contributed by atoms with van der Waals surface area (Å²) in [6.07, 6.45) is 2.41. The van der Waals surface area contributed by atoms with Crippen LogP contribution in [0.2, 0.25) is 0 Å². The Morgan fingerprint density at radius 3 is 2.54 bits per heavy atom. The van der Waals surface area contributed by atoms with Crippen molar-refractivity contribution in [3.05, 3.63) is 30.1 Å². The number of ether oxygens (including phenoxy) is 1. The van der Waals surface area contributed by atoms with E-state index in [1.165, 1.54) is 6.33 Å². The monoisotopic (exact) mass is 386 g/mol. The third-order valence-corrected chi connectivity index (χ3v) is 4.59. The molecule has 9 heteroatoms. The van der Waals surface area contributed by atoms with Crippen LogP contribution in [-0.2, 0) is 9.53 Å². The highest BCUT2D eigenvalue weighted by molar-refractivity contribution is 5.93. The first-order valence-corrected chi connectivity index (χ1v) is 9.36. The first-order valence-electron chi connectivity index (χ1n) is 9.36. The highest BCUT2D eigenvalue weighted by Gasteiger charge is 2.30. The summed E-state index contributed by atoms with van der Waals surface area (Å²) < 4.78 is 6.96. The summed E-state index contributed by atoms with van der Waals surface area (Å²) in [5, 5.41) is 14.2. The molecule has 2 amide bonds. The van der Waals surface area contributed by atoms with Crippen molar-refractivity contribution in [3.8, 4) is 5.69 Å². The van der Waals surface area contributed by atoms with Crippen molar-refractivity contribution in [1.82, 2.24) is 25.1 Å². The van der Waals surface area contributed by atoms with Crippen molar-refractivity contribution in [2.45, 2.75) is 46.1 Å². The van der Waals surface area contributed by atoms with Gasteiger partial charge in [0.05, 0.1) is 5.69 Å². The van der Waals surface area contributed by atoms with Gasteiger partial charge in [-0.25, -0.2) is 9.48 Å². The molecule has 1 aromatic heterocycles. The van der Waals surface area contributed by atoms with Crippen LogP contribution < -0.4 is 5.32 Å². The lowest BCUT2D eigenvalue weighted by Gasteiger charge is -2.32. The van der Waals surface area contributed by atoms with Crippen molar-refractivity contribution >= 4 is 17.7 Å². The Bertz CT molecular complexity index is 836. The maximum atomic E-state index is 12.7. The van der Waals surface area contributed by atoms with Crippen LogP contribution in [0.5, 0.6) is 0 Å². The molecule has 0 saturated carbocycles. The maximum Gasteiger partial charge on any atom is 0.410 e. The zero-order valence-corrected chi connectivity index (χ0v) is 16.7. The number of likely N-dealkylation sites (tertiary alicyclic amines) is 1. The number of aromatic nitrogens is 4. The summed E-state index contributed by atoms with van der Waals surface area (Å²) in [5.41, 5.74) is 1.97. The Hall–Kier alpha value is -2.97. The van der Waals surface area contributed by atoms with Crippen LogP contribution in [0.15, 0.2) is 24.5 Å². The second-order valence-electron chi connectivity index (χ2n) is 7.99. The molecular formula is C19H26N6O3. The predicted molar refractivity (Wildman–Crippen MR) is 103 cm³/mol. The minimum Gasteiger partial charge on any atom is -0.444 e. The van der Waals surface area contributed by atoms with E-state index in [9.17, 15) is 9.59 Å². The molecule has 3 rings (SSSR count). The number of tetrazole rings is 1. The van der Waals surface area contributed by atoms with Crippen LogP contribution in [0.25, 0.3) is 5.69 Å². The molecule has 9 nitrogen and oxygen atoms in total. The predicted octanol–water partition coefficient (Wildman–Crippen LogP) is 2.56. The van der Waals surface area contributed by atoms with Gasteiger partial charge in [-0.15, -0.1) is 5.10 Å². The van der Waals surface area contributed by atoms with Gasteiger partial charge in [0.2, 0.25) is 5.91 Å². The van der Waals surface area contributed by atoms with Gasteiger partial charge < -0.3 is 15.0 Å². The maximum absolute atomic E-state index is 12.7. The summed E-state index contributed by atoms with van der Waals surface area (Å²) in [7, 11) is 0. The summed E-state index contributed by atoms with van der Waals surface area (Å²) in [5.74, 6) is -0.188. The molecule has 0 spiro atoms. The molecule has 0 radical (unpaired) electrons. The number of nitrogens with one attached hydrogen (secondary N) is 1. The summed E-state index contributed by atoms with van der Waals surface area (Å²) in [6.45, 7) is 8.51. The first kappa shape index (κ1) is 19.8. The second kappa shape index (κ2) is 7.95. The number of anilines is 1. The van der Waals surface area contributed by atoms with Gasteiger partial charge in [-0.2, -0.15) is 0 Å². The van der Waals surface area contributed by atoms with Gasteiger partial charge in [-0.05, 0) is 68.7 Å². The van der Waals surface area contributed by atoms with E-state index < -0.39 is 5.60 Å². The topological polar surface area (TPSA) is 102 Å². The second-order valence-corrected chi connectivity index (χ2v) is 7.99. The number of benzene rings is 1. The Morgan fingerprint density at radius 2 is 1.93 bits per heavy atom. The fraction of sp³-hybridized carbons (Fsp3) is 0.526. The number of piperidine rings is 1. The van der Waals surface area contributed by atoms with Crippen LogP contribution >= 0.6 is 0 Å². The highest BCUT2D eigenvalue weighted by atomic mass is 16.6. The SMILES string of the molecule is Cc1ccc(NC(=O)C2CCN(C(=O)OC(C)(C)C)CC2)cc1-n1cnnn1. The van der Waals surface area contributed by atoms with Gasteiger partial charge in [-0.3, -0.25) is 4.79 Å². The van der Waals surface area contributed by atoms with E-state index in [4.69, 9.17) is 4.74 Å². The minimum absolute atomic E-state index is 0.0460. The average Bonchev–Trinajstić information content (AvgIpc) is 3.16. The van der Waals surface area contributed by atoms with Crippen LogP contribution in [-0.4, -0.2) is 55.8 Å². The zero-order valence-electron chi connectivity index (χ0n) is 16.7. The number of amides is 2. The van der Waals surface area contributed by atoms with Crippen LogP contribution in [0.3, 0.4) is 0 Å². The molecular weight excluding hydrogens is 360 g/mol. The minimum atomic E-state index is -0.520.